The summed E-state index contributed by atoms with van der Waals surface area (Å²) in [5, 5.41) is 6.20. The molecule has 0 saturated carbocycles. The monoisotopic (exact) mass is 168 g/mol. The van der Waals surface area contributed by atoms with Crippen LogP contribution in [-0.2, 0) is 6.42 Å². The third kappa shape index (κ3) is 3.54. The maximum absolute atomic E-state index is 4.06. The van der Waals surface area contributed by atoms with Crippen molar-refractivity contribution in [3.8, 4) is 0 Å². The number of unbranched alkanes of at least 4 members (excludes halogenated alkanes) is 1. The van der Waals surface area contributed by atoms with Crippen LogP contribution in [-0.4, -0.2) is 13.6 Å². The molecule has 0 spiro atoms. The van der Waals surface area contributed by atoms with E-state index in [-0.39, 0.29) is 0 Å². The molecule has 1 aromatic heterocycles. The van der Waals surface area contributed by atoms with Gasteiger partial charge in [0.1, 0.15) is 0 Å². The van der Waals surface area contributed by atoms with E-state index >= 15 is 0 Å². The molecule has 0 atom stereocenters. The molecule has 1 radical (unpaired) electrons. The van der Waals surface area contributed by atoms with Crippen LogP contribution in [0, 0.1) is 0 Å². The molecule has 0 bridgehead atoms. The van der Waals surface area contributed by atoms with Gasteiger partial charge in [0.2, 0.25) is 0 Å². The predicted molar refractivity (Wildman–Crippen MR) is 50.2 cm³/mol. The fourth-order valence-electron chi connectivity index (χ4n) is 1.02. The Bertz CT molecular complexity index is 170. The van der Waals surface area contributed by atoms with Gasteiger partial charge in [-0.25, -0.2) is 5.32 Å². The lowest BCUT2D eigenvalue weighted by Gasteiger charge is -1.96. The number of thiophene rings is 1. The van der Waals surface area contributed by atoms with Crippen molar-refractivity contribution in [1.29, 1.82) is 0 Å². The highest BCUT2D eigenvalue weighted by Crippen LogP contribution is 2.11. The van der Waals surface area contributed by atoms with Gasteiger partial charge in [-0.1, -0.05) is 6.07 Å². The smallest absolute Gasteiger partial charge is 0.0130 e. The van der Waals surface area contributed by atoms with Crippen LogP contribution in [0.3, 0.4) is 0 Å². The Labute approximate surface area is 72.4 Å². The molecular weight excluding hydrogens is 154 g/mol. The van der Waals surface area contributed by atoms with Gasteiger partial charge in [0, 0.05) is 18.5 Å². The average Bonchev–Trinajstić information content (AvgIpc) is 2.50. The minimum atomic E-state index is 1.02. The highest BCUT2D eigenvalue weighted by atomic mass is 32.1. The first-order valence-electron chi connectivity index (χ1n) is 4.01. The number of nitrogens with zero attached hydrogens (tertiary/aromatic N) is 1. The molecule has 0 aliphatic heterocycles. The second kappa shape index (κ2) is 5.33. The zero-order valence-corrected chi connectivity index (χ0v) is 7.73. The van der Waals surface area contributed by atoms with E-state index < -0.39 is 0 Å². The summed E-state index contributed by atoms with van der Waals surface area (Å²) in [4.78, 5) is 1.50. The molecule has 0 aromatic carbocycles. The zero-order valence-electron chi connectivity index (χ0n) is 6.92. The van der Waals surface area contributed by atoms with E-state index in [0.29, 0.717) is 0 Å². The summed E-state index contributed by atoms with van der Waals surface area (Å²) in [6, 6.07) is 4.32. The predicted octanol–water partition coefficient (Wildman–Crippen LogP) is 2.31. The van der Waals surface area contributed by atoms with E-state index in [9.17, 15) is 0 Å². The van der Waals surface area contributed by atoms with Crippen molar-refractivity contribution >= 4 is 11.3 Å². The number of hydrogen-bond donors (Lipinski definition) is 0. The van der Waals surface area contributed by atoms with Crippen molar-refractivity contribution in [3.05, 3.63) is 22.4 Å². The van der Waals surface area contributed by atoms with Crippen LogP contribution in [0.4, 0.5) is 0 Å². The fourth-order valence-corrected chi connectivity index (χ4v) is 1.78. The molecule has 0 saturated heterocycles. The van der Waals surface area contributed by atoms with E-state index in [1.165, 1.54) is 24.1 Å². The lowest BCUT2D eigenvalue weighted by Crippen LogP contribution is -1.98. The van der Waals surface area contributed by atoms with E-state index in [2.05, 4.69) is 22.8 Å². The topological polar surface area (TPSA) is 14.1 Å². The van der Waals surface area contributed by atoms with Gasteiger partial charge < -0.3 is 0 Å². The summed E-state index contributed by atoms with van der Waals surface area (Å²) in [7, 11) is 1.88. The molecule has 1 heterocycles. The molecule has 11 heavy (non-hydrogen) atoms. The molecule has 0 amide bonds. The maximum atomic E-state index is 4.06. The van der Waals surface area contributed by atoms with E-state index in [1.54, 1.807) is 0 Å². The third-order valence-electron chi connectivity index (χ3n) is 1.63. The third-order valence-corrected chi connectivity index (χ3v) is 2.57. The maximum Gasteiger partial charge on any atom is 0.0130 e. The normalized spacial score (nSPS) is 10.3. The van der Waals surface area contributed by atoms with Gasteiger partial charge in [0.15, 0.2) is 0 Å². The molecule has 61 valence electrons. The first-order valence-corrected chi connectivity index (χ1v) is 4.89. The molecule has 1 rings (SSSR count). The number of rotatable bonds is 5. The van der Waals surface area contributed by atoms with Crippen LogP contribution in [0.1, 0.15) is 17.7 Å². The second-order valence-corrected chi connectivity index (χ2v) is 3.61. The van der Waals surface area contributed by atoms with E-state index in [1.807, 2.05) is 18.4 Å². The fraction of sp³-hybridized carbons (Fsp3) is 0.556. The first kappa shape index (κ1) is 8.75. The zero-order chi connectivity index (χ0) is 7.94. The second-order valence-electron chi connectivity index (χ2n) is 2.58. The van der Waals surface area contributed by atoms with Crippen molar-refractivity contribution in [2.45, 2.75) is 19.3 Å². The quantitative estimate of drug-likeness (QED) is 0.599. The van der Waals surface area contributed by atoms with Crippen molar-refractivity contribution in [3.63, 3.8) is 0 Å². The van der Waals surface area contributed by atoms with Gasteiger partial charge in [-0.15, -0.1) is 11.3 Å². The molecule has 1 aromatic rings. The van der Waals surface area contributed by atoms with Crippen molar-refractivity contribution in [2.24, 2.45) is 0 Å². The van der Waals surface area contributed by atoms with Gasteiger partial charge in [0.25, 0.3) is 0 Å². The molecule has 0 aliphatic rings. The van der Waals surface area contributed by atoms with Gasteiger partial charge >= 0.3 is 0 Å². The lowest BCUT2D eigenvalue weighted by molar-refractivity contribution is 0.672. The lowest BCUT2D eigenvalue weighted by atomic mass is 10.2. The number of aryl methyl sites for hydroxylation is 1. The van der Waals surface area contributed by atoms with Crippen LogP contribution in [0.5, 0.6) is 0 Å². The average molecular weight is 168 g/mol. The summed E-state index contributed by atoms with van der Waals surface area (Å²) in [6.07, 6.45) is 3.74. The van der Waals surface area contributed by atoms with Crippen molar-refractivity contribution in [1.82, 2.24) is 5.32 Å². The van der Waals surface area contributed by atoms with Crippen LogP contribution < -0.4 is 5.32 Å². The Hall–Kier alpha value is -0.340. The minimum Gasteiger partial charge on any atom is -0.245 e. The van der Waals surface area contributed by atoms with Crippen LogP contribution >= 0.6 is 11.3 Å². The molecule has 0 N–H and O–H groups in total. The molecule has 1 nitrogen and oxygen atoms in total. The summed E-state index contributed by atoms with van der Waals surface area (Å²) >= 11 is 1.85. The highest BCUT2D eigenvalue weighted by molar-refractivity contribution is 7.09. The summed E-state index contributed by atoms with van der Waals surface area (Å²) in [5.74, 6) is 0. The Morgan fingerprint density at radius 3 is 3.00 bits per heavy atom. The summed E-state index contributed by atoms with van der Waals surface area (Å²) < 4.78 is 0. The molecule has 0 unspecified atom stereocenters. The Kier molecular flexibility index (Phi) is 4.24. The first-order chi connectivity index (χ1) is 5.43. The number of hydrogen-bond acceptors (Lipinski definition) is 1. The molecule has 0 aliphatic carbocycles. The Morgan fingerprint density at radius 2 is 2.36 bits per heavy atom. The van der Waals surface area contributed by atoms with Crippen LogP contribution in [0.25, 0.3) is 0 Å². The standard InChI is InChI=1S/C9H14NS/c1-10-7-3-2-5-9-6-4-8-11-9/h4,6,8H,2-3,5,7H2,1H3. The van der Waals surface area contributed by atoms with Gasteiger partial charge in [-0.3, -0.25) is 0 Å². The molecule has 2 heteroatoms. The van der Waals surface area contributed by atoms with Gasteiger partial charge in [-0.2, -0.15) is 0 Å². The Balaban J connectivity index is 2.04. The van der Waals surface area contributed by atoms with Crippen molar-refractivity contribution < 1.29 is 0 Å². The Morgan fingerprint density at radius 1 is 1.45 bits per heavy atom. The van der Waals surface area contributed by atoms with Crippen LogP contribution in [0.2, 0.25) is 0 Å². The van der Waals surface area contributed by atoms with E-state index in [0.717, 1.165) is 6.54 Å². The molecule has 0 fully saturated rings. The van der Waals surface area contributed by atoms with Gasteiger partial charge in [0.05, 0.1) is 0 Å². The van der Waals surface area contributed by atoms with Gasteiger partial charge in [-0.05, 0) is 30.7 Å². The summed E-state index contributed by atoms with van der Waals surface area (Å²) in [5.41, 5.74) is 0. The minimum absolute atomic E-state index is 1.02. The van der Waals surface area contributed by atoms with E-state index in [4.69, 9.17) is 0 Å². The summed E-state index contributed by atoms with van der Waals surface area (Å²) in [6.45, 7) is 1.02. The SMILES string of the molecule is C[N]CCCCc1cccs1. The highest BCUT2D eigenvalue weighted by Gasteiger charge is 1.92. The van der Waals surface area contributed by atoms with Crippen molar-refractivity contribution in [2.75, 3.05) is 13.6 Å². The van der Waals surface area contributed by atoms with Crippen LogP contribution in [0.15, 0.2) is 17.5 Å². The largest absolute Gasteiger partial charge is 0.245 e. The molecular formula is C9H14NS.